The summed E-state index contributed by atoms with van der Waals surface area (Å²) >= 11 is 0. The number of benzene rings is 2. The zero-order valence-electron chi connectivity index (χ0n) is 19.0. The Kier molecular flexibility index (Phi) is 4.62. The standard InChI is InChI=1S/C26H25F2N5O/c1-14-3-8-20-19(9-14)21-12-24(32-20)26(27,28)33-13-29-22-10-15(2)18(11-23(22)33)25(34)31-17-6-4-16(30-21)5-7-17/h3,8-13,16-17,30H,4-7H2,1-2H3,(H,31,34). The maximum atomic E-state index is 16.0. The number of imidazole rings is 1. The smallest absolute Gasteiger partial charge is 0.374 e. The summed E-state index contributed by atoms with van der Waals surface area (Å²) in [6, 6.07) is 7.06. The highest BCUT2D eigenvalue weighted by molar-refractivity contribution is 5.99. The van der Waals surface area contributed by atoms with E-state index in [2.05, 4.69) is 20.6 Å². The van der Waals surface area contributed by atoms with Crippen molar-refractivity contribution >= 4 is 33.5 Å². The number of carbonyl (C=O) groups is 1. The van der Waals surface area contributed by atoms with E-state index in [1.165, 1.54) is 12.1 Å². The number of aryl methyl sites for hydroxylation is 2. The molecule has 6 bridgehead atoms. The minimum absolute atomic E-state index is 0.0594. The quantitative estimate of drug-likeness (QED) is 0.375. The van der Waals surface area contributed by atoms with Gasteiger partial charge in [0.05, 0.1) is 16.6 Å². The Balaban J connectivity index is 1.62. The van der Waals surface area contributed by atoms with Crippen LogP contribution in [0.4, 0.5) is 14.5 Å². The van der Waals surface area contributed by atoms with E-state index in [9.17, 15) is 4.79 Å². The lowest BCUT2D eigenvalue weighted by atomic mass is 9.90. The molecular formula is C26H25F2N5O. The molecule has 0 spiro atoms. The Morgan fingerprint density at radius 1 is 0.971 bits per heavy atom. The summed E-state index contributed by atoms with van der Waals surface area (Å²) in [4.78, 5) is 21.7. The molecular weight excluding hydrogens is 436 g/mol. The van der Waals surface area contributed by atoms with Gasteiger partial charge in [0.2, 0.25) is 0 Å². The van der Waals surface area contributed by atoms with E-state index >= 15 is 8.78 Å². The predicted octanol–water partition coefficient (Wildman–Crippen LogP) is 5.27. The molecule has 0 atom stereocenters. The van der Waals surface area contributed by atoms with Crippen LogP contribution in [0.15, 0.2) is 42.7 Å². The second kappa shape index (κ2) is 7.48. The van der Waals surface area contributed by atoms with Gasteiger partial charge in [-0.15, -0.1) is 0 Å². The number of fused-ring (bicyclic) bond motifs is 4. The summed E-state index contributed by atoms with van der Waals surface area (Å²) in [6.45, 7) is 3.78. The molecule has 34 heavy (non-hydrogen) atoms. The Labute approximate surface area is 195 Å². The number of amides is 1. The molecule has 2 aromatic heterocycles. The summed E-state index contributed by atoms with van der Waals surface area (Å²) in [5.41, 5.74) is 3.56. The largest absolute Gasteiger partial charge is 0.382 e. The van der Waals surface area contributed by atoms with Crippen molar-refractivity contribution in [1.29, 1.82) is 0 Å². The first kappa shape index (κ1) is 21.0. The molecule has 4 aromatic rings. The lowest BCUT2D eigenvalue weighted by Gasteiger charge is -2.31. The van der Waals surface area contributed by atoms with Gasteiger partial charge in [-0.2, -0.15) is 8.78 Å². The van der Waals surface area contributed by atoms with Crippen LogP contribution in [0.1, 0.15) is 52.9 Å². The zero-order chi connectivity index (χ0) is 23.6. The number of pyridine rings is 1. The van der Waals surface area contributed by atoms with E-state index < -0.39 is 6.05 Å². The normalized spacial score (nSPS) is 21.8. The second-order valence-electron chi connectivity index (χ2n) is 9.55. The van der Waals surface area contributed by atoms with Crippen LogP contribution in [0.25, 0.3) is 21.9 Å². The molecule has 174 valence electrons. The van der Waals surface area contributed by atoms with Crippen LogP contribution in [0, 0.1) is 13.8 Å². The lowest BCUT2D eigenvalue weighted by molar-refractivity contribution is -0.0365. The summed E-state index contributed by atoms with van der Waals surface area (Å²) in [6.07, 6.45) is 4.46. The molecule has 8 heteroatoms. The minimum atomic E-state index is -3.47. The van der Waals surface area contributed by atoms with E-state index in [0.717, 1.165) is 47.5 Å². The number of nitrogens with one attached hydrogen (secondary N) is 2. The summed E-state index contributed by atoms with van der Waals surface area (Å²) in [5.74, 6) is -0.235. The van der Waals surface area contributed by atoms with Crippen LogP contribution in [0.3, 0.4) is 0 Å². The van der Waals surface area contributed by atoms with E-state index in [4.69, 9.17) is 0 Å². The summed E-state index contributed by atoms with van der Waals surface area (Å²) in [5, 5.41) is 7.46. The third kappa shape index (κ3) is 3.31. The van der Waals surface area contributed by atoms with Crippen LogP contribution >= 0.6 is 0 Å². The second-order valence-corrected chi connectivity index (χ2v) is 9.55. The van der Waals surface area contributed by atoms with Gasteiger partial charge < -0.3 is 10.6 Å². The van der Waals surface area contributed by atoms with E-state index in [0.29, 0.717) is 27.8 Å². The van der Waals surface area contributed by atoms with Gasteiger partial charge in [-0.1, -0.05) is 11.6 Å². The molecule has 0 saturated heterocycles. The average molecular weight is 462 g/mol. The molecule has 0 unspecified atom stereocenters. The topological polar surface area (TPSA) is 71.8 Å². The third-order valence-corrected chi connectivity index (χ3v) is 7.13. The molecule has 6 nitrogen and oxygen atoms in total. The molecule has 1 saturated carbocycles. The summed E-state index contributed by atoms with van der Waals surface area (Å²) in [7, 11) is 0. The van der Waals surface area contributed by atoms with Gasteiger partial charge in [-0.05, 0) is 75.4 Å². The maximum Gasteiger partial charge on any atom is 0.374 e. The van der Waals surface area contributed by atoms with Crippen molar-refractivity contribution < 1.29 is 13.6 Å². The monoisotopic (exact) mass is 461 g/mol. The van der Waals surface area contributed by atoms with Crippen molar-refractivity contribution in [3.63, 3.8) is 0 Å². The van der Waals surface area contributed by atoms with Gasteiger partial charge in [0.1, 0.15) is 12.0 Å². The van der Waals surface area contributed by atoms with Gasteiger partial charge in [-0.25, -0.2) is 9.97 Å². The number of halogens is 2. The molecule has 2 N–H and O–H groups in total. The molecule has 3 aliphatic rings. The number of nitrogens with zero attached hydrogens (tertiary/aromatic N) is 3. The maximum absolute atomic E-state index is 16.0. The summed E-state index contributed by atoms with van der Waals surface area (Å²) < 4.78 is 32.8. The van der Waals surface area contributed by atoms with Gasteiger partial charge >= 0.3 is 6.05 Å². The molecule has 1 fully saturated rings. The van der Waals surface area contributed by atoms with Gasteiger partial charge in [0, 0.05) is 28.7 Å². The lowest BCUT2D eigenvalue weighted by Crippen LogP contribution is -2.40. The highest BCUT2D eigenvalue weighted by Crippen LogP contribution is 2.37. The van der Waals surface area contributed by atoms with E-state index in [1.807, 2.05) is 19.1 Å². The number of carbonyl (C=O) groups excluding carboxylic acids is 1. The van der Waals surface area contributed by atoms with Crippen LogP contribution < -0.4 is 10.6 Å². The van der Waals surface area contributed by atoms with Crippen molar-refractivity contribution in [1.82, 2.24) is 19.9 Å². The highest BCUT2D eigenvalue weighted by Gasteiger charge is 2.38. The number of hydrogen-bond acceptors (Lipinski definition) is 4. The Bertz CT molecular complexity index is 1450. The fraction of sp³-hybridized carbons (Fsp3) is 0.346. The first-order valence-electron chi connectivity index (χ1n) is 11.6. The molecule has 7 rings (SSSR count). The first-order chi connectivity index (χ1) is 16.3. The highest BCUT2D eigenvalue weighted by atomic mass is 19.3. The van der Waals surface area contributed by atoms with Crippen molar-refractivity contribution in [2.24, 2.45) is 0 Å². The Morgan fingerprint density at radius 2 is 1.71 bits per heavy atom. The number of rotatable bonds is 0. The molecule has 1 amide bonds. The third-order valence-electron chi connectivity index (χ3n) is 7.13. The van der Waals surface area contributed by atoms with Crippen molar-refractivity contribution in [3.8, 4) is 0 Å². The van der Waals surface area contributed by atoms with Crippen LogP contribution in [-0.4, -0.2) is 32.5 Å². The molecule has 2 aliphatic heterocycles. The molecule has 0 radical (unpaired) electrons. The van der Waals surface area contributed by atoms with Crippen LogP contribution in [0.5, 0.6) is 0 Å². The van der Waals surface area contributed by atoms with Crippen molar-refractivity contribution in [2.45, 2.75) is 57.7 Å². The SMILES string of the molecule is Cc1ccc2nc3cc(c2c1)NC1CCC(CC1)NC(=O)c1cc2c(cc1C)ncn2C3(F)F. The van der Waals surface area contributed by atoms with Gasteiger partial charge in [0.25, 0.3) is 5.91 Å². The molecule has 1 aliphatic carbocycles. The van der Waals surface area contributed by atoms with Crippen LogP contribution in [-0.2, 0) is 6.05 Å². The number of alkyl halides is 2. The molecule has 4 heterocycles. The Morgan fingerprint density at radius 3 is 2.47 bits per heavy atom. The average Bonchev–Trinajstić information content (AvgIpc) is 3.22. The number of anilines is 1. The fourth-order valence-electron chi connectivity index (χ4n) is 5.23. The predicted molar refractivity (Wildman–Crippen MR) is 127 cm³/mol. The zero-order valence-corrected chi connectivity index (χ0v) is 19.0. The Hall–Kier alpha value is -3.55. The van der Waals surface area contributed by atoms with Gasteiger partial charge in [-0.3, -0.25) is 9.36 Å². The van der Waals surface area contributed by atoms with Crippen LogP contribution in [0.2, 0.25) is 0 Å². The van der Waals surface area contributed by atoms with E-state index in [-0.39, 0.29) is 29.2 Å². The minimum Gasteiger partial charge on any atom is -0.382 e. The number of hydrogen-bond donors (Lipinski definition) is 2. The first-order valence-corrected chi connectivity index (χ1v) is 11.6. The molecule has 2 aromatic carbocycles. The fourth-order valence-corrected chi connectivity index (χ4v) is 5.23. The van der Waals surface area contributed by atoms with Crippen molar-refractivity contribution in [2.75, 3.05) is 5.32 Å². The van der Waals surface area contributed by atoms with Gasteiger partial charge in [0.15, 0.2) is 0 Å². The number of aromatic nitrogens is 3. The van der Waals surface area contributed by atoms with Crippen molar-refractivity contribution in [3.05, 3.63) is 65.1 Å². The van der Waals surface area contributed by atoms with E-state index in [1.54, 1.807) is 19.1 Å².